The Morgan fingerprint density at radius 2 is 2.32 bits per heavy atom. The number of ether oxygens (including phenoxy) is 1. The summed E-state index contributed by atoms with van der Waals surface area (Å²) in [6, 6.07) is 7.28. The van der Waals surface area contributed by atoms with Crippen molar-refractivity contribution in [2.45, 2.75) is 30.9 Å². The second kappa shape index (κ2) is 7.56. The van der Waals surface area contributed by atoms with Crippen LogP contribution in [0.3, 0.4) is 0 Å². The number of hydrogen-bond donors (Lipinski definition) is 1. The fraction of sp³-hybridized carbons (Fsp3) is 0.375. The summed E-state index contributed by atoms with van der Waals surface area (Å²) in [5.74, 6) is 0.759. The van der Waals surface area contributed by atoms with Gasteiger partial charge in [0.15, 0.2) is 6.61 Å². The number of carbonyl (C=O) groups excluding carboxylic acids is 2. The monoisotopic (exact) mass is 362 g/mol. The van der Waals surface area contributed by atoms with Crippen LogP contribution in [0.2, 0.25) is 0 Å². The first-order valence-electron chi connectivity index (χ1n) is 7.80. The fourth-order valence-electron chi connectivity index (χ4n) is 2.30. The zero-order valence-electron chi connectivity index (χ0n) is 13.9. The Labute approximate surface area is 148 Å². The molecule has 2 aromatic rings. The Hall–Kier alpha value is -2.55. The quantitative estimate of drug-likeness (QED) is 0.785. The fourth-order valence-corrected chi connectivity index (χ4v) is 3.06. The molecule has 1 aliphatic heterocycles. The molecule has 2 heterocycles. The van der Waals surface area contributed by atoms with Gasteiger partial charge in [-0.2, -0.15) is 0 Å². The van der Waals surface area contributed by atoms with Crippen LogP contribution >= 0.6 is 11.8 Å². The molecule has 1 unspecified atom stereocenters. The number of aryl methyl sites for hydroxylation is 1. The van der Waals surface area contributed by atoms with E-state index >= 15 is 0 Å². The maximum atomic E-state index is 12.2. The van der Waals surface area contributed by atoms with Crippen molar-refractivity contribution in [1.82, 2.24) is 20.4 Å². The number of benzene rings is 1. The molecule has 1 N–H and O–H groups in total. The van der Waals surface area contributed by atoms with Crippen molar-refractivity contribution in [3.63, 3.8) is 0 Å². The first kappa shape index (κ1) is 17.3. The molecule has 1 aromatic heterocycles. The normalized spacial score (nSPS) is 15.1. The van der Waals surface area contributed by atoms with Crippen molar-refractivity contribution in [2.24, 2.45) is 0 Å². The summed E-state index contributed by atoms with van der Waals surface area (Å²) in [6.07, 6.45) is 0. The van der Waals surface area contributed by atoms with E-state index in [-0.39, 0.29) is 23.8 Å². The minimum Gasteiger partial charge on any atom is -0.484 e. The maximum Gasteiger partial charge on any atom is 0.324 e. The highest BCUT2D eigenvalue weighted by Gasteiger charge is 2.31. The minimum atomic E-state index is -0.505. The molecular weight excluding hydrogens is 344 g/mol. The van der Waals surface area contributed by atoms with Gasteiger partial charge in [0.25, 0.3) is 11.1 Å². The van der Waals surface area contributed by atoms with Gasteiger partial charge in [0.05, 0.1) is 5.25 Å². The van der Waals surface area contributed by atoms with Gasteiger partial charge in [-0.1, -0.05) is 23.9 Å². The van der Waals surface area contributed by atoms with Crippen LogP contribution in [0.4, 0.5) is 4.79 Å². The summed E-state index contributed by atoms with van der Waals surface area (Å²) in [6.45, 7) is 4.68. The number of amides is 3. The van der Waals surface area contributed by atoms with E-state index in [9.17, 15) is 9.59 Å². The predicted molar refractivity (Wildman–Crippen MR) is 90.2 cm³/mol. The molecule has 8 nitrogen and oxygen atoms in total. The van der Waals surface area contributed by atoms with E-state index in [2.05, 4.69) is 15.5 Å². The van der Waals surface area contributed by atoms with Crippen molar-refractivity contribution in [1.29, 1.82) is 0 Å². The van der Waals surface area contributed by atoms with E-state index < -0.39 is 5.25 Å². The van der Waals surface area contributed by atoms with Gasteiger partial charge in [-0.3, -0.25) is 9.69 Å². The molecule has 9 heteroatoms. The average Bonchev–Trinajstić information content (AvgIpc) is 3.21. The van der Waals surface area contributed by atoms with Gasteiger partial charge in [-0.25, -0.2) is 4.79 Å². The third-order valence-corrected chi connectivity index (χ3v) is 4.47. The van der Waals surface area contributed by atoms with Gasteiger partial charge < -0.3 is 14.5 Å². The Bertz CT molecular complexity index is 779. The van der Waals surface area contributed by atoms with Crippen LogP contribution in [0.5, 0.6) is 5.75 Å². The zero-order valence-corrected chi connectivity index (χ0v) is 14.7. The van der Waals surface area contributed by atoms with Crippen LogP contribution in [-0.2, 0) is 11.4 Å². The third-order valence-electron chi connectivity index (χ3n) is 3.55. The second-order valence-electron chi connectivity index (χ2n) is 5.55. The molecular formula is C16H18N4O4S. The first-order chi connectivity index (χ1) is 12.0. The zero-order chi connectivity index (χ0) is 17.8. The molecule has 0 bridgehead atoms. The second-order valence-corrected chi connectivity index (χ2v) is 6.84. The molecule has 0 radical (unpaired) electrons. The van der Waals surface area contributed by atoms with Crippen LogP contribution in [0.25, 0.3) is 0 Å². The number of aromatic nitrogens is 2. The van der Waals surface area contributed by atoms with Gasteiger partial charge in [0.2, 0.25) is 5.91 Å². The summed E-state index contributed by atoms with van der Waals surface area (Å²) < 4.78 is 11.1. The molecule has 132 valence electrons. The third kappa shape index (κ3) is 4.30. The van der Waals surface area contributed by atoms with Gasteiger partial charge in [-0.05, 0) is 31.5 Å². The summed E-state index contributed by atoms with van der Waals surface area (Å²) in [5.41, 5.74) is 1.09. The van der Waals surface area contributed by atoms with E-state index in [1.807, 2.05) is 31.2 Å². The van der Waals surface area contributed by atoms with Gasteiger partial charge in [0.1, 0.15) is 5.75 Å². The number of urea groups is 1. The van der Waals surface area contributed by atoms with E-state index in [0.29, 0.717) is 19.0 Å². The van der Waals surface area contributed by atoms with Crippen molar-refractivity contribution < 1.29 is 18.7 Å². The molecule has 1 atom stereocenters. The Balaban J connectivity index is 1.54. The minimum absolute atomic E-state index is 0.147. The van der Waals surface area contributed by atoms with E-state index in [4.69, 9.17) is 9.15 Å². The highest BCUT2D eigenvalue weighted by Crippen LogP contribution is 2.24. The maximum absolute atomic E-state index is 12.2. The number of hydrogen-bond acceptors (Lipinski definition) is 7. The number of nitrogens with zero attached hydrogens (tertiary/aromatic N) is 3. The molecule has 0 saturated carbocycles. The van der Waals surface area contributed by atoms with Gasteiger partial charge in [0, 0.05) is 13.1 Å². The van der Waals surface area contributed by atoms with Crippen LogP contribution < -0.4 is 10.1 Å². The Kier molecular flexibility index (Phi) is 5.22. The number of rotatable bonds is 6. The predicted octanol–water partition coefficient (Wildman–Crippen LogP) is 1.99. The lowest BCUT2D eigenvalue weighted by Crippen LogP contribution is -2.38. The molecule has 3 amide bonds. The van der Waals surface area contributed by atoms with Gasteiger partial charge >= 0.3 is 6.03 Å². The smallest absolute Gasteiger partial charge is 0.324 e. The van der Waals surface area contributed by atoms with Crippen LogP contribution in [0.1, 0.15) is 18.4 Å². The number of imide groups is 1. The number of thioether (sulfide) groups is 1. The number of nitrogens with one attached hydrogen (secondary N) is 1. The molecule has 1 saturated heterocycles. The van der Waals surface area contributed by atoms with Crippen LogP contribution in [-0.4, -0.2) is 45.4 Å². The van der Waals surface area contributed by atoms with Crippen molar-refractivity contribution >= 4 is 23.7 Å². The molecule has 1 aliphatic rings. The first-order valence-corrected chi connectivity index (χ1v) is 8.68. The standard InChI is InChI=1S/C16H18N4O4S/c1-10-4-3-5-12(8-10)23-9-13-18-19-16(24-13)25-11(2)14(21)20-7-6-17-15(20)22/h3-5,8,11H,6-7,9H2,1-2H3,(H,17,22). The molecule has 1 fully saturated rings. The lowest BCUT2D eigenvalue weighted by molar-refractivity contribution is -0.126. The summed E-state index contributed by atoms with van der Waals surface area (Å²) in [5, 5.41) is 10.2. The van der Waals surface area contributed by atoms with Crippen molar-refractivity contribution in [3.8, 4) is 5.75 Å². The summed E-state index contributed by atoms with van der Waals surface area (Å²) in [4.78, 5) is 25.0. The van der Waals surface area contributed by atoms with E-state index in [1.165, 1.54) is 4.90 Å². The van der Waals surface area contributed by atoms with Gasteiger partial charge in [-0.15, -0.1) is 10.2 Å². The Morgan fingerprint density at radius 3 is 3.04 bits per heavy atom. The summed E-state index contributed by atoms with van der Waals surface area (Å²) >= 11 is 1.12. The molecule has 0 spiro atoms. The lowest BCUT2D eigenvalue weighted by atomic mass is 10.2. The SMILES string of the molecule is Cc1cccc(OCc2nnc(SC(C)C(=O)N3CCNC3=O)o2)c1. The molecule has 0 aliphatic carbocycles. The number of carbonyl (C=O) groups is 2. The lowest BCUT2D eigenvalue weighted by Gasteiger charge is -2.15. The molecule has 25 heavy (non-hydrogen) atoms. The molecule has 3 rings (SSSR count). The summed E-state index contributed by atoms with van der Waals surface area (Å²) in [7, 11) is 0. The average molecular weight is 362 g/mol. The van der Waals surface area contributed by atoms with Crippen LogP contribution in [0, 0.1) is 6.92 Å². The largest absolute Gasteiger partial charge is 0.484 e. The van der Waals surface area contributed by atoms with Crippen molar-refractivity contribution in [3.05, 3.63) is 35.7 Å². The van der Waals surface area contributed by atoms with Crippen molar-refractivity contribution in [2.75, 3.05) is 13.1 Å². The Morgan fingerprint density at radius 1 is 1.48 bits per heavy atom. The highest BCUT2D eigenvalue weighted by molar-refractivity contribution is 8.00. The highest BCUT2D eigenvalue weighted by atomic mass is 32.2. The molecule has 1 aromatic carbocycles. The topological polar surface area (TPSA) is 97.6 Å². The van der Waals surface area contributed by atoms with E-state index in [1.54, 1.807) is 6.92 Å². The van der Waals surface area contributed by atoms with Crippen LogP contribution in [0.15, 0.2) is 33.9 Å². The van der Waals surface area contributed by atoms with E-state index in [0.717, 1.165) is 23.1 Å².